The first-order chi connectivity index (χ1) is 14.7. The summed E-state index contributed by atoms with van der Waals surface area (Å²) in [6.45, 7) is 7.58. The van der Waals surface area contributed by atoms with Gasteiger partial charge in [-0.05, 0) is 45.0 Å². The molecule has 31 heavy (non-hydrogen) atoms. The van der Waals surface area contributed by atoms with Gasteiger partial charge in [-0.3, -0.25) is 4.79 Å². The number of nitrogens with zero attached hydrogens (tertiary/aromatic N) is 3. The molecule has 1 heterocycles. The fourth-order valence-corrected chi connectivity index (χ4v) is 3.54. The number of carbonyl (C=O) groups excluding carboxylic acids is 2. The van der Waals surface area contributed by atoms with Crippen LogP contribution in [0.1, 0.15) is 36.7 Å². The van der Waals surface area contributed by atoms with Crippen LogP contribution >= 0.6 is 11.6 Å². The molecule has 8 heteroatoms. The van der Waals surface area contributed by atoms with E-state index in [1.165, 1.54) is 0 Å². The van der Waals surface area contributed by atoms with Crippen molar-refractivity contribution >= 4 is 35.0 Å². The van der Waals surface area contributed by atoms with Crippen molar-refractivity contribution in [1.82, 2.24) is 4.90 Å². The van der Waals surface area contributed by atoms with Crippen LogP contribution in [0, 0.1) is 11.3 Å². The summed E-state index contributed by atoms with van der Waals surface area (Å²) in [6.07, 6.45) is -0.339. The Kier molecular flexibility index (Phi) is 6.71. The number of rotatable bonds is 3. The number of halogens is 1. The molecule has 1 N–H and O–H groups in total. The second-order valence-electron chi connectivity index (χ2n) is 8.20. The molecule has 0 atom stereocenters. The van der Waals surface area contributed by atoms with E-state index in [9.17, 15) is 14.9 Å². The molecule has 0 unspecified atom stereocenters. The highest BCUT2D eigenvalue weighted by atomic mass is 35.5. The predicted octanol–water partition coefficient (Wildman–Crippen LogP) is 4.52. The molecule has 0 aromatic heterocycles. The quantitative estimate of drug-likeness (QED) is 0.758. The van der Waals surface area contributed by atoms with Crippen molar-refractivity contribution in [3.05, 3.63) is 58.6 Å². The van der Waals surface area contributed by atoms with E-state index >= 15 is 0 Å². The predicted molar refractivity (Wildman–Crippen MR) is 121 cm³/mol. The van der Waals surface area contributed by atoms with Gasteiger partial charge in [-0.15, -0.1) is 0 Å². The lowest BCUT2D eigenvalue weighted by Crippen LogP contribution is -2.50. The number of amides is 2. The maximum Gasteiger partial charge on any atom is 0.410 e. The number of piperazine rings is 1. The van der Waals surface area contributed by atoms with E-state index in [1.807, 2.05) is 31.7 Å². The van der Waals surface area contributed by atoms with Crippen LogP contribution < -0.4 is 10.2 Å². The third-order valence-electron chi connectivity index (χ3n) is 4.79. The fourth-order valence-electron chi connectivity index (χ4n) is 3.32. The number of carbonyl (C=O) groups is 2. The van der Waals surface area contributed by atoms with E-state index in [2.05, 4.69) is 11.4 Å². The van der Waals surface area contributed by atoms with Crippen LogP contribution in [0.5, 0.6) is 0 Å². The van der Waals surface area contributed by atoms with Crippen LogP contribution in [0.25, 0.3) is 0 Å². The van der Waals surface area contributed by atoms with Crippen LogP contribution in [-0.4, -0.2) is 48.7 Å². The molecule has 7 nitrogen and oxygen atoms in total. The molecule has 3 rings (SSSR count). The topological polar surface area (TPSA) is 85.7 Å². The van der Waals surface area contributed by atoms with Crippen molar-refractivity contribution in [2.45, 2.75) is 26.4 Å². The number of hydrogen-bond acceptors (Lipinski definition) is 5. The Morgan fingerprint density at radius 3 is 2.35 bits per heavy atom. The lowest BCUT2D eigenvalue weighted by Gasteiger charge is -2.37. The third kappa shape index (κ3) is 5.47. The monoisotopic (exact) mass is 440 g/mol. The second kappa shape index (κ2) is 9.27. The maximum atomic E-state index is 12.6. The number of ether oxygens (including phenoxy) is 1. The van der Waals surface area contributed by atoms with Gasteiger partial charge >= 0.3 is 6.09 Å². The molecule has 2 aromatic rings. The molecule has 0 bridgehead atoms. The Labute approximate surface area is 187 Å². The van der Waals surface area contributed by atoms with Crippen LogP contribution in [0.2, 0.25) is 5.02 Å². The minimum absolute atomic E-state index is 0.337. The van der Waals surface area contributed by atoms with Crippen molar-refractivity contribution in [2.75, 3.05) is 36.4 Å². The zero-order chi connectivity index (χ0) is 22.6. The van der Waals surface area contributed by atoms with Gasteiger partial charge in [0.15, 0.2) is 0 Å². The first kappa shape index (κ1) is 22.4. The number of hydrogen-bond donors (Lipinski definition) is 1. The summed E-state index contributed by atoms with van der Waals surface area (Å²) in [4.78, 5) is 28.6. The van der Waals surface area contributed by atoms with Gasteiger partial charge in [-0.25, -0.2) is 4.79 Å². The smallest absolute Gasteiger partial charge is 0.410 e. The molecule has 2 amide bonds. The summed E-state index contributed by atoms with van der Waals surface area (Å²) < 4.78 is 5.44. The molecule has 1 saturated heterocycles. The normalized spacial score (nSPS) is 14.0. The van der Waals surface area contributed by atoms with Crippen molar-refractivity contribution in [2.24, 2.45) is 0 Å². The second-order valence-corrected chi connectivity index (χ2v) is 8.61. The summed E-state index contributed by atoms with van der Waals surface area (Å²) in [5.74, 6) is -0.381. The highest BCUT2D eigenvalue weighted by Crippen LogP contribution is 2.29. The number of nitrogens with one attached hydrogen (secondary N) is 1. The largest absolute Gasteiger partial charge is 0.444 e. The van der Waals surface area contributed by atoms with Gasteiger partial charge in [0.2, 0.25) is 0 Å². The van der Waals surface area contributed by atoms with Crippen molar-refractivity contribution in [3.8, 4) is 6.07 Å². The Morgan fingerprint density at radius 2 is 1.74 bits per heavy atom. The number of nitriles is 1. The Hall–Kier alpha value is -3.24. The zero-order valence-electron chi connectivity index (χ0n) is 17.8. The molecule has 0 saturated carbocycles. The van der Waals surface area contributed by atoms with Gasteiger partial charge in [-0.1, -0.05) is 29.8 Å². The van der Waals surface area contributed by atoms with Gasteiger partial charge < -0.3 is 19.9 Å². The van der Waals surface area contributed by atoms with Gasteiger partial charge in [0.05, 0.1) is 27.5 Å². The van der Waals surface area contributed by atoms with E-state index in [0.717, 1.165) is 0 Å². The van der Waals surface area contributed by atoms with Crippen molar-refractivity contribution in [3.63, 3.8) is 0 Å². The van der Waals surface area contributed by atoms with Gasteiger partial charge in [0.1, 0.15) is 11.7 Å². The summed E-state index contributed by atoms with van der Waals surface area (Å²) in [5, 5.41) is 12.9. The summed E-state index contributed by atoms with van der Waals surface area (Å²) >= 11 is 6.11. The minimum atomic E-state index is -0.545. The molecule has 2 aromatic carbocycles. The summed E-state index contributed by atoms with van der Waals surface area (Å²) in [5.41, 5.74) is 1.29. The van der Waals surface area contributed by atoms with Crippen molar-refractivity contribution in [1.29, 1.82) is 5.26 Å². The average Bonchev–Trinajstić information content (AvgIpc) is 2.72. The van der Waals surface area contributed by atoms with E-state index in [-0.39, 0.29) is 12.0 Å². The Balaban J connectivity index is 1.74. The van der Waals surface area contributed by atoms with Crippen LogP contribution in [0.3, 0.4) is 0 Å². The molecular weight excluding hydrogens is 416 g/mol. The van der Waals surface area contributed by atoms with Crippen LogP contribution in [0.15, 0.2) is 42.5 Å². The molecule has 1 aliphatic heterocycles. The molecule has 0 spiro atoms. The summed E-state index contributed by atoms with van der Waals surface area (Å²) in [7, 11) is 0. The Bertz CT molecular complexity index is 1020. The van der Waals surface area contributed by atoms with Gasteiger partial charge in [-0.2, -0.15) is 5.26 Å². The molecule has 1 fully saturated rings. The maximum absolute atomic E-state index is 12.6. The standard InChI is InChI=1S/C23H25ClN4O3/c1-23(2,3)31-22(30)28-13-11-27(12-14-28)20-10-6-9-19(17(20)15-25)26-21(29)16-7-4-5-8-18(16)24/h4-10H,11-14H2,1-3H3,(H,26,29). The molecular formula is C23H25ClN4O3. The lowest BCUT2D eigenvalue weighted by molar-refractivity contribution is 0.0240. The van der Waals surface area contributed by atoms with Crippen LogP contribution in [0.4, 0.5) is 16.2 Å². The van der Waals surface area contributed by atoms with E-state index in [0.29, 0.717) is 53.7 Å². The SMILES string of the molecule is CC(C)(C)OC(=O)N1CCN(c2cccc(NC(=O)c3ccccc3Cl)c2C#N)CC1. The van der Waals surface area contributed by atoms with Gasteiger partial charge in [0.25, 0.3) is 5.91 Å². The highest BCUT2D eigenvalue weighted by molar-refractivity contribution is 6.34. The van der Waals surface area contributed by atoms with Crippen LogP contribution in [-0.2, 0) is 4.74 Å². The molecule has 1 aliphatic rings. The molecule has 0 radical (unpaired) electrons. The molecule has 162 valence electrons. The minimum Gasteiger partial charge on any atom is -0.444 e. The first-order valence-electron chi connectivity index (χ1n) is 10.0. The van der Waals surface area contributed by atoms with E-state index in [4.69, 9.17) is 16.3 Å². The number of anilines is 2. The number of benzene rings is 2. The summed E-state index contributed by atoms with van der Waals surface area (Å²) in [6, 6.07) is 14.3. The Morgan fingerprint density at radius 1 is 1.06 bits per heavy atom. The first-order valence-corrected chi connectivity index (χ1v) is 10.4. The molecule has 0 aliphatic carbocycles. The third-order valence-corrected chi connectivity index (χ3v) is 5.12. The average molecular weight is 441 g/mol. The lowest BCUT2D eigenvalue weighted by atomic mass is 10.1. The van der Waals surface area contributed by atoms with E-state index < -0.39 is 5.60 Å². The fraction of sp³-hybridized carbons (Fsp3) is 0.348. The van der Waals surface area contributed by atoms with E-state index in [1.54, 1.807) is 41.3 Å². The van der Waals surface area contributed by atoms with Crippen molar-refractivity contribution < 1.29 is 14.3 Å². The zero-order valence-corrected chi connectivity index (χ0v) is 18.6. The van der Waals surface area contributed by atoms with Gasteiger partial charge in [0, 0.05) is 26.2 Å². The highest BCUT2D eigenvalue weighted by Gasteiger charge is 2.27.